The molecular weight excluding hydrogens is 364 g/mol. The van der Waals surface area contributed by atoms with Crippen LogP contribution in [0.3, 0.4) is 0 Å². The van der Waals surface area contributed by atoms with Crippen LogP contribution < -0.4 is 21.1 Å². The molecule has 0 spiro atoms. The van der Waals surface area contributed by atoms with Gasteiger partial charge in [0.15, 0.2) is 0 Å². The zero-order chi connectivity index (χ0) is 19.1. The number of nitrogens with zero attached hydrogens (tertiary/aromatic N) is 1. The van der Waals surface area contributed by atoms with Gasteiger partial charge in [0.2, 0.25) is 0 Å². The molecule has 0 atom stereocenters. The molecule has 0 saturated carbocycles. The van der Waals surface area contributed by atoms with Crippen molar-refractivity contribution in [3.8, 4) is 5.75 Å². The second kappa shape index (κ2) is 8.67. The Bertz CT molecular complexity index is 826. The molecular formula is C16H15ClN4O5. The lowest BCUT2D eigenvalue weighted by molar-refractivity contribution is -0.384. The van der Waals surface area contributed by atoms with Crippen LogP contribution in [0.25, 0.3) is 0 Å². The first kappa shape index (κ1) is 19.0. The second-order valence-corrected chi connectivity index (χ2v) is 5.45. The standard InChI is InChI=1S/C16H15ClN4O5/c17-14-6-3-11(21(24)25)9-13(14)15(22)19-7-8-26-12-4-1-10(2-5-12)20-16(18)23/h1-6,9H,7-8H2,(H,19,22)(H3,18,20,23). The number of urea groups is 1. The highest BCUT2D eigenvalue weighted by Gasteiger charge is 2.15. The van der Waals surface area contributed by atoms with Gasteiger partial charge in [0.05, 0.1) is 22.1 Å². The molecule has 0 unspecified atom stereocenters. The van der Waals surface area contributed by atoms with E-state index in [1.807, 2.05) is 0 Å². The lowest BCUT2D eigenvalue weighted by atomic mass is 10.2. The Kier molecular flexibility index (Phi) is 6.34. The predicted octanol–water partition coefficient (Wildman–Crippen LogP) is 2.55. The van der Waals surface area contributed by atoms with Crippen molar-refractivity contribution in [2.24, 2.45) is 5.73 Å². The Morgan fingerprint density at radius 2 is 1.88 bits per heavy atom. The number of ether oxygens (including phenoxy) is 1. The number of halogens is 1. The smallest absolute Gasteiger partial charge is 0.316 e. The molecule has 10 heteroatoms. The van der Waals surface area contributed by atoms with E-state index >= 15 is 0 Å². The van der Waals surface area contributed by atoms with Gasteiger partial charge >= 0.3 is 6.03 Å². The van der Waals surface area contributed by atoms with E-state index in [1.54, 1.807) is 24.3 Å². The first-order valence-electron chi connectivity index (χ1n) is 7.38. The number of hydrogen-bond donors (Lipinski definition) is 3. The summed E-state index contributed by atoms with van der Waals surface area (Å²) in [6, 6.07) is 9.45. The molecule has 3 amide bonds. The van der Waals surface area contributed by atoms with Crippen LogP contribution in [-0.4, -0.2) is 30.0 Å². The number of carbonyl (C=O) groups excluding carboxylic acids is 2. The van der Waals surface area contributed by atoms with Gasteiger partial charge in [-0.05, 0) is 30.3 Å². The number of anilines is 1. The fraction of sp³-hybridized carbons (Fsp3) is 0.125. The number of hydrogen-bond acceptors (Lipinski definition) is 5. The maximum Gasteiger partial charge on any atom is 0.316 e. The molecule has 4 N–H and O–H groups in total. The molecule has 0 aliphatic heterocycles. The zero-order valence-electron chi connectivity index (χ0n) is 13.4. The van der Waals surface area contributed by atoms with Gasteiger partial charge in [-0.2, -0.15) is 0 Å². The molecule has 2 rings (SSSR count). The first-order chi connectivity index (χ1) is 12.4. The van der Waals surface area contributed by atoms with Gasteiger partial charge < -0.3 is 21.1 Å². The number of rotatable bonds is 7. The Labute approximate surface area is 153 Å². The molecule has 0 bridgehead atoms. The zero-order valence-corrected chi connectivity index (χ0v) is 14.2. The van der Waals surface area contributed by atoms with Crippen molar-refractivity contribution in [2.75, 3.05) is 18.5 Å². The van der Waals surface area contributed by atoms with Crippen molar-refractivity contribution in [1.29, 1.82) is 0 Å². The van der Waals surface area contributed by atoms with E-state index in [2.05, 4.69) is 10.6 Å². The average Bonchev–Trinajstić information content (AvgIpc) is 2.59. The van der Waals surface area contributed by atoms with Crippen molar-refractivity contribution >= 4 is 34.9 Å². The third kappa shape index (κ3) is 5.35. The topological polar surface area (TPSA) is 137 Å². The number of carbonyl (C=O) groups is 2. The molecule has 2 aromatic carbocycles. The largest absolute Gasteiger partial charge is 0.492 e. The minimum atomic E-state index is -0.666. The predicted molar refractivity (Wildman–Crippen MR) is 95.6 cm³/mol. The third-order valence-corrected chi connectivity index (χ3v) is 3.51. The van der Waals surface area contributed by atoms with E-state index in [1.165, 1.54) is 12.1 Å². The fourth-order valence-corrected chi connectivity index (χ4v) is 2.21. The van der Waals surface area contributed by atoms with Crippen LogP contribution in [0, 0.1) is 10.1 Å². The maximum atomic E-state index is 12.1. The van der Waals surface area contributed by atoms with Crippen LogP contribution >= 0.6 is 11.6 Å². The molecule has 0 radical (unpaired) electrons. The Morgan fingerprint density at radius 1 is 1.19 bits per heavy atom. The minimum Gasteiger partial charge on any atom is -0.492 e. The van der Waals surface area contributed by atoms with Gasteiger partial charge in [-0.15, -0.1) is 0 Å². The summed E-state index contributed by atoms with van der Waals surface area (Å²) in [4.78, 5) is 33.0. The number of nitro benzene ring substituents is 1. The molecule has 0 fully saturated rings. The Balaban J connectivity index is 1.84. The molecule has 0 aliphatic carbocycles. The Hall–Kier alpha value is -3.33. The summed E-state index contributed by atoms with van der Waals surface area (Å²) in [5, 5.41) is 15.9. The highest BCUT2D eigenvalue weighted by molar-refractivity contribution is 6.33. The number of nitrogens with one attached hydrogen (secondary N) is 2. The van der Waals surface area contributed by atoms with Crippen LogP contribution in [-0.2, 0) is 0 Å². The van der Waals surface area contributed by atoms with E-state index < -0.39 is 16.9 Å². The van der Waals surface area contributed by atoms with Crippen molar-refractivity contribution in [3.63, 3.8) is 0 Å². The monoisotopic (exact) mass is 378 g/mol. The van der Waals surface area contributed by atoms with Gasteiger partial charge in [0.25, 0.3) is 11.6 Å². The highest BCUT2D eigenvalue weighted by Crippen LogP contribution is 2.22. The first-order valence-corrected chi connectivity index (χ1v) is 7.76. The number of amides is 3. The summed E-state index contributed by atoms with van der Waals surface area (Å²) in [5.41, 5.74) is 5.33. The molecule has 2 aromatic rings. The van der Waals surface area contributed by atoms with Gasteiger partial charge in [0.1, 0.15) is 12.4 Å². The second-order valence-electron chi connectivity index (χ2n) is 5.04. The highest BCUT2D eigenvalue weighted by atomic mass is 35.5. The molecule has 0 aromatic heterocycles. The van der Waals surface area contributed by atoms with Crippen LogP contribution in [0.5, 0.6) is 5.75 Å². The SMILES string of the molecule is NC(=O)Nc1ccc(OCCNC(=O)c2cc([N+](=O)[O-])ccc2Cl)cc1. The lowest BCUT2D eigenvalue weighted by Gasteiger charge is -2.09. The number of non-ortho nitro benzene ring substituents is 1. The summed E-state index contributed by atoms with van der Waals surface area (Å²) >= 11 is 5.90. The number of nitrogens with two attached hydrogens (primary N) is 1. The summed E-state index contributed by atoms with van der Waals surface area (Å²) in [6.07, 6.45) is 0. The lowest BCUT2D eigenvalue weighted by Crippen LogP contribution is -2.28. The normalized spacial score (nSPS) is 10.0. The molecule has 136 valence electrons. The molecule has 9 nitrogen and oxygen atoms in total. The summed E-state index contributed by atoms with van der Waals surface area (Å²) < 4.78 is 5.44. The van der Waals surface area contributed by atoms with Gasteiger partial charge in [-0.25, -0.2) is 4.79 Å². The molecule has 0 aliphatic rings. The van der Waals surface area contributed by atoms with Gasteiger partial charge in [-0.1, -0.05) is 11.6 Å². The Morgan fingerprint density at radius 3 is 2.50 bits per heavy atom. The quantitative estimate of drug-likeness (QED) is 0.386. The number of primary amides is 1. The maximum absolute atomic E-state index is 12.1. The summed E-state index contributed by atoms with van der Waals surface area (Å²) in [6.45, 7) is 0.333. The minimum absolute atomic E-state index is 0.0164. The van der Waals surface area contributed by atoms with E-state index in [0.717, 1.165) is 6.07 Å². The van der Waals surface area contributed by atoms with Crippen molar-refractivity contribution in [1.82, 2.24) is 5.32 Å². The van der Waals surface area contributed by atoms with E-state index in [9.17, 15) is 19.7 Å². The van der Waals surface area contributed by atoms with Crippen molar-refractivity contribution < 1.29 is 19.2 Å². The van der Waals surface area contributed by atoms with Gasteiger partial charge in [-0.3, -0.25) is 14.9 Å². The van der Waals surface area contributed by atoms with Crippen LogP contribution in [0.1, 0.15) is 10.4 Å². The molecule has 26 heavy (non-hydrogen) atoms. The fourth-order valence-electron chi connectivity index (χ4n) is 2.01. The van der Waals surface area contributed by atoms with E-state index in [0.29, 0.717) is 11.4 Å². The van der Waals surface area contributed by atoms with Crippen LogP contribution in [0.2, 0.25) is 5.02 Å². The number of benzene rings is 2. The average molecular weight is 379 g/mol. The molecule has 0 saturated heterocycles. The summed E-state index contributed by atoms with van der Waals surface area (Å²) in [7, 11) is 0. The summed E-state index contributed by atoms with van der Waals surface area (Å²) in [5.74, 6) is -0.00837. The molecule has 0 heterocycles. The van der Waals surface area contributed by atoms with Gasteiger partial charge in [0, 0.05) is 17.8 Å². The van der Waals surface area contributed by atoms with Crippen LogP contribution in [0.15, 0.2) is 42.5 Å². The van der Waals surface area contributed by atoms with E-state index in [-0.39, 0.29) is 29.4 Å². The van der Waals surface area contributed by atoms with Crippen LogP contribution in [0.4, 0.5) is 16.2 Å². The third-order valence-electron chi connectivity index (χ3n) is 3.18. The van der Waals surface area contributed by atoms with Crippen molar-refractivity contribution in [3.05, 3.63) is 63.2 Å². The number of nitro groups is 1. The van der Waals surface area contributed by atoms with Crippen molar-refractivity contribution in [2.45, 2.75) is 0 Å². The van der Waals surface area contributed by atoms with E-state index in [4.69, 9.17) is 22.1 Å².